The molecule has 0 spiro atoms. The van der Waals surface area contributed by atoms with Gasteiger partial charge in [-0.3, -0.25) is 0 Å². The van der Waals surface area contributed by atoms with Gasteiger partial charge in [-0.05, 0) is 0 Å². The first-order chi connectivity index (χ1) is 16.9. The van der Waals surface area contributed by atoms with Crippen LogP contribution in [-0.4, -0.2) is 36.8 Å². The molecule has 204 valence electrons. The summed E-state index contributed by atoms with van der Waals surface area (Å²) in [5, 5.41) is 0. The van der Waals surface area contributed by atoms with Crippen LogP contribution in [0.1, 0.15) is 130 Å². The molecule has 0 unspecified atom stereocenters. The van der Waals surface area contributed by atoms with Gasteiger partial charge in [-0.25, -0.2) is 0 Å². The number of halogens is 1. The molecular weight excluding hydrogens is 641 g/mol. The minimum absolute atomic E-state index is 0.0156. The van der Waals surface area contributed by atoms with Gasteiger partial charge in [-0.15, -0.1) is 0 Å². The Kier molecular flexibility index (Phi) is 19.1. The van der Waals surface area contributed by atoms with Crippen molar-refractivity contribution < 1.29 is 4.39 Å². The summed E-state index contributed by atoms with van der Waals surface area (Å²) < 4.78 is 26.7. The summed E-state index contributed by atoms with van der Waals surface area (Å²) in [6.07, 6.45) is 16.4. The molecule has 0 nitrogen and oxygen atoms in total. The minimum atomic E-state index is -2.37. The Balaban J connectivity index is 3.41. The molecule has 0 saturated carbocycles. The number of rotatable bonds is 22. The Labute approximate surface area is 228 Å². The third-order valence-corrected chi connectivity index (χ3v) is 39.3. The van der Waals surface area contributed by atoms with Crippen LogP contribution >= 0.6 is 0 Å². The van der Waals surface area contributed by atoms with Crippen molar-refractivity contribution in [3.8, 4) is 0 Å². The molecule has 1 rings (SSSR count). The SMILES string of the molecule is CCC[CH2][Sn]([CH2]CCC)([CH2]CCC)[CH2]c1ccc(F)cc1[CH2][Sn]([CH2]CCC)([CH2]CCC)[CH2]CCC. The molecule has 0 radical (unpaired) electrons. The predicted molar refractivity (Wildman–Crippen MR) is 164 cm³/mol. The van der Waals surface area contributed by atoms with Gasteiger partial charge in [0.15, 0.2) is 0 Å². The normalized spacial score (nSPS) is 12.4. The molecule has 0 fully saturated rings. The van der Waals surface area contributed by atoms with E-state index in [1.807, 2.05) is 6.07 Å². The van der Waals surface area contributed by atoms with Crippen LogP contribution < -0.4 is 0 Å². The number of hydrogen-bond donors (Lipinski definition) is 0. The zero-order valence-electron chi connectivity index (χ0n) is 24.8. The van der Waals surface area contributed by atoms with Crippen LogP contribution in [-0.2, 0) is 8.87 Å². The van der Waals surface area contributed by atoms with Crippen LogP contribution in [0.15, 0.2) is 18.2 Å². The molecular formula is C32H61FSn2. The molecule has 1 aromatic rings. The van der Waals surface area contributed by atoms with Crippen molar-refractivity contribution in [3.63, 3.8) is 0 Å². The molecule has 0 N–H and O–H groups in total. The van der Waals surface area contributed by atoms with Crippen LogP contribution in [0.5, 0.6) is 0 Å². The van der Waals surface area contributed by atoms with Crippen molar-refractivity contribution >= 4 is 36.8 Å². The van der Waals surface area contributed by atoms with Crippen LogP contribution in [0.2, 0.25) is 26.6 Å². The summed E-state index contributed by atoms with van der Waals surface area (Å²) in [6, 6.07) is 6.08. The molecule has 0 aromatic heterocycles. The van der Waals surface area contributed by atoms with E-state index >= 15 is 0 Å². The molecule has 0 aliphatic carbocycles. The molecule has 0 aliphatic rings. The Hall–Kier alpha value is 0.747. The molecule has 35 heavy (non-hydrogen) atoms. The second kappa shape index (κ2) is 19.8. The van der Waals surface area contributed by atoms with Gasteiger partial charge >= 0.3 is 230 Å². The first-order valence-corrected chi connectivity index (χ1v) is 31.9. The zero-order chi connectivity index (χ0) is 26.0. The summed E-state index contributed by atoms with van der Waals surface area (Å²) in [5.74, 6) is 0.0156. The van der Waals surface area contributed by atoms with Crippen LogP contribution in [0.3, 0.4) is 0 Å². The summed E-state index contributed by atoms with van der Waals surface area (Å²) in [6.45, 7) is 14.2. The van der Waals surface area contributed by atoms with Gasteiger partial charge in [0.25, 0.3) is 0 Å². The number of hydrogen-bond acceptors (Lipinski definition) is 0. The van der Waals surface area contributed by atoms with E-state index in [0.29, 0.717) is 0 Å². The topological polar surface area (TPSA) is 0 Å². The Morgan fingerprint density at radius 3 is 1.11 bits per heavy atom. The van der Waals surface area contributed by atoms with E-state index in [-0.39, 0.29) is 5.82 Å². The van der Waals surface area contributed by atoms with E-state index in [4.69, 9.17) is 0 Å². The van der Waals surface area contributed by atoms with E-state index in [1.165, 1.54) is 105 Å². The molecule has 3 heteroatoms. The van der Waals surface area contributed by atoms with Gasteiger partial charge in [-0.2, -0.15) is 0 Å². The van der Waals surface area contributed by atoms with Crippen LogP contribution in [0, 0.1) is 5.82 Å². The van der Waals surface area contributed by atoms with Gasteiger partial charge < -0.3 is 0 Å². The van der Waals surface area contributed by atoms with Gasteiger partial charge in [-0.1, -0.05) is 0 Å². The zero-order valence-corrected chi connectivity index (χ0v) is 30.5. The summed E-state index contributed by atoms with van der Waals surface area (Å²) in [7, 11) is 0. The average molecular weight is 702 g/mol. The standard InChI is InChI=1S/C8H7F.6C4H9.2Sn/c1-6-3-4-8(9)5-7(6)2;6*1-3-4-2;;/h3-5H,1-2H2;6*1,3-4H2,2H3;;. The van der Waals surface area contributed by atoms with Crippen molar-refractivity contribution in [2.24, 2.45) is 0 Å². The van der Waals surface area contributed by atoms with Gasteiger partial charge in [0.2, 0.25) is 0 Å². The van der Waals surface area contributed by atoms with Gasteiger partial charge in [0.05, 0.1) is 0 Å². The van der Waals surface area contributed by atoms with Crippen molar-refractivity contribution in [2.45, 2.75) is 154 Å². The third-order valence-electron chi connectivity index (χ3n) is 8.66. The van der Waals surface area contributed by atoms with Crippen LogP contribution in [0.25, 0.3) is 0 Å². The van der Waals surface area contributed by atoms with E-state index < -0.39 is 36.8 Å². The Morgan fingerprint density at radius 1 is 0.486 bits per heavy atom. The van der Waals surface area contributed by atoms with E-state index in [1.54, 1.807) is 24.9 Å². The molecule has 0 bridgehead atoms. The fourth-order valence-electron chi connectivity index (χ4n) is 6.33. The predicted octanol–water partition coefficient (Wildman–Crippen LogP) is 11.7. The average Bonchev–Trinajstić information content (AvgIpc) is 2.87. The molecule has 0 aliphatic heterocycles. The molecule has 0 atom stereocenters. The first kappa shape index (κ1) is 33.8. The monoisotopic (exact) mass is 704 g/mol. The first-order valence-electron chi connectivity index (χ1n) is 15.7. The van der Waals surface area contributed by atoms with Crippen LogP contribution in [0.4, 0.5) is 4.39 Å². The molecule has 0 heterocycles. The maximum absolute atomic E-state index is 14.8. The molecule has 0 amide bonds. The third kappa shape index (κ3) is 12.9. The van der Waals surface area contributed by atoms with Crippen molar-refractivity contribution in [2.75, 3.05) is 0 Å². The van der Waals surface area contributed by atoms with Gasteiger partial charge in [0, 0.05) is 0 Å². The van der Waals surface area contributed by atoms with E-state index in [0.717, 1.165) is 0 Å². The maximum atomic E-state index is 14.8. The van der Waals surface area contributed by atoms with Crippen molar-refractivity contribution in [1.29, 1.82) is 0 Å². The Bertz CT molecular complexity index is 613. The fraction of sp³-hybridized carbons (Fsp3) is 0.812. The van der Waals surface area contributed by atoms with Crippen molar-refractivity contribution in [1.82, 2.24) is 0 Å². The van der Waals surface area contributed by atoms with Gasteiger partial charge in [0.1, 0.15) is 0 Å². The fourth-order valence-corrected chi connectivity index (χ4v) is 39.1. The second-order valence-corrected chi connectivity index (χ2v) is 39.6. The molecule has 1 aromatic carbocycles. The van der Waals surface area contributed by atoms with E-state index in [9.17, 15) is 4.39 Å². The second-order valence-electron chi connectivity index (χ2n) is 11.9. The molecule has 0 saturated heterocycles. The summed E-state index contributed by atoms with van der Waals surface area (Å²) in [5.41, 5.74) is 3.09. The van der Waals surface area contributed by atoms with E-state index in [2.05, 4.69) is 47.6 Å². The number of benzene rings is 1. The van der Waals surface area contributed by atoms with Crippen molar-refractivity contribution in [3.05, 3.63) is 35.1 Å². The number of unbranched alkanes of at least 4 members (excludes halogenated alkanes) is 6. The Morgan fingerprint density at radius 2 is 0.800 bits per heavy atom. The quantitative estimate of drug-likeness (QED) is 0.106. The summed E-state index contributed by atoms with van der Waals surface area (Å²) >= 11 is -4.70. The summed E-state index contributed by atoms with van der Waals surface area (Å²) in [4.78, 5) is 0.